The highest BCUT2D eigenvalue weighted by atomic mass is 16.8. The van der Waals surface area contributed by atoms with Gasteiger partial charge in [0.05, 0.1) is 23.9 Å². The van der Waals surface area contributed by atoms with Gasteiger partial charge in [0.2, 0.25) is 5.95 Å². The monoisotopic (exact) mass is 460 g/mol. The summed E-state index contributed by atoms with van der Waals surface area (Å²) < 4.78 is 1.89. The Hall–Kier alpha value is -4.06. The van der Waals surface area contributed by atoms with Crippen LogP contribution in [0.4, 0.5) is 17.6 Å². The molecule has 4 rings (SSSR count). The minimum Gasteiger partial charge on any atom is -0.762 e. The molecule has 3 aromatic heterocycles. The van der Waals surface area contributed by atoms with Crippen molar-refractivity contribution in [1.82, 2.24) is 29.7 Å². The van der Waals surface area contributed by atoms with Gasteiger partial charge in [-0.2, -0.15) is 0 Å². The highest BCUT2D eigenvalue weighted by molar-refractivity contribution is 5.70. The molecule has 0 bridgehead atoms. The molecular formula is C23H26N9O2-. The Morgan fingerprint density at radius 3 is 2.56 bits per heavy atom. The molecule has 0 fully saturated rings. The molecule has 5 N–H and O–H groups in total. The van der Waals surface area contributed by atoms with Gasteiger partial charge < -0.3 is 31.3 Å². The summed E-state index contributed by atoms with van der Waals surface area (Å²) in [5.74, 6) is 1.25. The Balaban J connectivity index is 1.44. The lowest BCUT2D eigenvalue weighted by atomic mass is 10.1. The zero-order valence-corrected chi connectivity index (χ0v) is 18.7. The van der Waals surface area contributed by atoms with E-state index in [9.17, 15) is 5.21 Å². The van der Waals surface area contributed by atoms with Gasteiger partial charge in [-0.25, -0.2) is 19.9 Å². The number of imidazole rings is 1. The first-order valence-electron chi connectivity index (χ1n) is 10.8. The number of aryl methyl sites for hydroxylation is 1. The second kappa shape index (κ2) is 10.7. The Kier molecular flexibility index (Phi) is 7.28. The maximum Gasteiger partial charge on any atom is 0.223 e. The maximum absolute atomic E-state index is 10.8. The number of hydrogen-bond donors (Lipinski definition) is 4. The average Bonchev–Trinajstić information content (AvgIpc) is 3.38. The van der Waals surface area contributed by atoms with Crippen LogP contribution in [0.15, 0.2) is 61.3 Å². The molecule has 3 heterocycles. The lowest BCUT2D eigenvalue weighted by Crippen LogP contribution is -2.17. The van der Waals surface area contributed by atoms with Gasteiger partial charge in [0.15, 0.2) is 0 Å². The van der Waals surface area contributed by atoms with Gasteiger partial charge in [-0.05, 0) is 18.1 Å². The van der Waals surface area contributed by atoms with Crippen molar-refractivity contribution in [3.63, 3.8) is 0 Å². The predicted molar refractivity (Wildman–Crippen MR) is 130 cm³/mol. The van der Waals surface area contributed by atoms with E-state index in [0.29, 0.717) is 30.4 Å². The van der Waals surface area contributed by atoms with E-state index < -0.39 is 0 Å². The van der Waals surface area contributed by atoms with Crippen LogP contribution in [0.2, 0.25) is 0 Å². The van der Waals surface area contributed by atoms with E-state index in [0.717, 1.165) is 23.4 Å². The number of hydrogen-bond acceptors (Lipinski definition) is 10. The van der Waals surface area contributed by atoms with Gasteiger partial charge in [0.25, 0.3) is 0 Å². The summed E-state index contributed by atoms with van der Waals surface area (Å²) in [6.07, 6.45) is 8.04. The molecule has 0 aliphatic carbocycles. The predicted octanol–water partition coefficient (Wildman–Crippen LogP) is 3.08. The number of benzene rings is 1. The van der Waals surface area contributed by atoms with Crippen LogP contribution in [-0.4, -0.2) is 48.0 Å². The molecule has 0 saturated heterocycles. The van der Waals surface area contributed by atoms with Crippen molar-refractivity contribution >= 4 is 17.6 Å². The third kappa shape index (κ3) is 5.64. The van der Waals surface area contributed by atoms with E-state index in [-0.39, 0.29) is 17.6 Å². The Morgan fingerprint density at radius 1 is 1.09 bits per heavy atom. The van der Waals surface area contributed by atoms with Crippen LogP contribution in [0.25, 0.3) is 16.9 Å². The van der Waals surface area contributed by atoms with Crippen LogP contribution in [0.5, 0.6) is 0 Å². The first-order chi connectivity index (χ1) is 16.5. The lowest BCUT2D eigenvalue weighted by molar-refractivity contribution is -0.0486. The number of pyridine rings is 1. The molecular weight excluding hydrogens is 434 g/mol. The van der Waals surface area contributed by atoms with E-state index in [1.54, 1.807) is 30.9 Å². The van der Waals surface area contributed by atoms with Gasteiger partial charge in [-0.15, -0.1) is 0 Å². The molecule has 0 spiro atoms. The standard InChI is InChI=1S/C23H26N9O2/c1-2-16-3-5-17(6-4-16)21-19(31-12-11-25-15-31)13-28-23(30-21)27-10-9-26-20-8-7-18(14-32(33)34)22(24)29-20/h3-8,11-13,15,33H,2,9-10,14H2,1H3,(H3,24,26,29)(H,27,28,30)/q-1. The third-order valence-electron chi connectivity index (χ3n) is 5.22. The molecule has 0 aliphatic rings. The molecule has 1 aromatic carbocycles. The van der Waals surface area contributed by atoms with Crippen molar-refractivity contribution in [3.05, 3.63) is 77.7 Å². The fraction of sp³-hybridized carbons (Fsp3) is 0.217. The average molecular weight is 461 g/mol. The largest absolute Gasteiger partial charge is 0.762 e. The summed E-state index contributed by atoms with van der Waals surface area (Å²) >= 11 is 0. The van der Waals surface area contributed by atoms with Gasteiger partial charge >= 0.3 is 0 Å². The van der Waals surface area contributed by atoms with Crippen LogP contribution >= 0.6 is 0 Å². The summed E-state index contributed by atoms with van der Waals surface area (Å²) in [6, 6.07) is 11.7. The SMILES string of the molecule is CCc1ccc(-c2nc(NCCNc3ccc(CN([O-])O)c(N)n3)ncc2-n2ccnc2)cc1. The normalized spacial score (nSPS) is 11.1. The summed E-state index contributed by atoms with van der Waals surface area (Å²) in [5, 5.41) is 25.8. The molecule has 0 amide bonds. The molecule has 0 aliphatic heterocycles. The summed E-state index contributed by atoms with van der Waals surface area (Å²) in [4.78, 5) is 17.6. The van der Waals surface area contributed by atoms with Gasteiger partial charge in [0.1, 0.15) is 11.6 Å². The molecule has 0 saturated carbocycles. The fourth-order valence-corrected chi connectivity index (χ4v) is 3.41. The van der Waals surface area contributed by atoms with Crippen molar-refractivity contribution in [2.45, 2.75) is 19.9 Å². The van der Waals surface area contributed by atoms with E-state index in [1.807, 2.05) is 10.8 Å². The highest BCUT2D eigenvalue weighted by Crippen LogP contribution is 2.26. The first kappa shape index (κ1) is 23.1. The highest BCUT2D eigenvalue weighted by Gasteiger charge is 2.12. The second-order valence-electron chi connectivity index (χ2n) is 7.55. The first-order valence-corrected chi connectivity index (χ1v) is 10.8. The number of anilines is 3. The number of rotatable bonds is 10. The summed E-state index contributed by atoms with van der Waals surface area (Å²) in [7, 11) is 0. The molecule has 34 heavy (non-hydrogen) atoms. The van der Waals surface area contributed by atoms with Crippen molar-refractivity contribution in [2.75, 3.05) is 29.5 Å². The number of nitrogens with two attached hydrogens (primary N) is 1. The van der Waals surface area contributed by atoms with Crippen molar-refractivity contribution < 1.29 is 5.21 Å². The van der Waals surface area contributed by atoms with E-state index in [1.165, 1.54) is 5.56 Å². The minimum absolute atomic E-state index is 0.185. The maximum atomic E-state index is 10.8. The lowest BCUT2D eigenvalue weighted by Gasteiger charge is -2.20. The number of aromatic nitrogens is 5. The van der Waals surface area contributed by atoms with Crippen LogP contribution < -0.4 is 16.4 Å². The second-order valence-corrected chi connectivity index (χ2v) is 7.55. The molecule has 0 unspecified atom stereocenters. The Morgan fingerprint density at radius 2 is 1.88 bits per heavy atom. The van der Waals surface area contributed by atoms with Crippen molar-refractivity contribution in [1.29, 1.82) is 0 Å². The van der Waals surface area contributed by atoms with Gasteiger partial charge in [-0.3, -0.25) is 5.23 Å². The number of nitrogens with one attached hydrogen (secondary N) is 2. The van der Waals surface area contributed by atoms with E-state index in [4.69, 9.17) is 15.9 Å². The number of nitrogen functional groups attached to an aromatic ring is 1. The molecule has 0 radical (unpaired) electrons. The topological polar surface area (TPSA) is 153 Å². The minimum atomic E-state index is -0.240. The Labute approximate surface area is 196 Å². The van der Waals surface area contributed by atoms with E-state index >= 15 is 0 Å². The molecule has 11 nitrogen and oxygen atoms in total. The third-order valence-corrected chi connectivity index (χ3v) is 5.22. The number of hydroxylamine groups is 2. The zero-order chi connectivity index (χ0) is 23.9. The molecule has 0 atom stereocenters. The van der Waals surface area contributed by atoms with Gasteiger partial charge in [-0.1, -0.05) is 37.3 Å². The molecule has 11 heteroatoms. The fourth-order valence-electron chi connectivity index (χ4n) is 3.41. The van der Waals surface area contributed by atoms with Crippen molar-refractivity contribution in [3.8, 4) is 16.9 Å². The summed E-state index contributed by atoms with van der Waals surface area (Å²) in [6.45, 7) is 2.95. The molecule has 4 aromatic rings. The van der Waals surface area contributed by atoms with E-state index in [2.05, 4.69) is 56.8 Å². The zero-order valence-electron chi connectivity index (χ0n) is 18.7. The Bertz CT molecular complexity index is 1210. The quantitative estimate of drug-likeness (QED) is 0.205. The van der Waals surface area contributed by atoms with Crippen LogP contribution in [0.1, 0.15) is 18.1 Å². The van der Waals surface area contributed by atoms with Gasteiger partial charge in [0, 0.05) is 43.2 Å². The summed E-state index contributed by atoms with van der Waals surface area (Å²) in [5.41, 5.74) is 10.2. The van der Waals surface area contributed by atoms with Crippen LogP contribution in [0.3, 0.4) is 0 Å². The van der Waals surface area contributed by atoms with Crippen LogP contribution in [-0.2, 0) is 13.0 Å². The van der Waals surface area contributed by atoms with Crippen molar-refractivity contribution in [2.24, 2.45) is 0 Å². The smallest absolute Gasteiger partial charge is 0.223 e. The van der Waals surface area contributed by atoms with Crippen LogP contribution in [0, 0.1) is 5.21 Å². The molecule has 176 valence electrons. The number of nitrogens with zero attached hydrogens (tertiary/aromatic N) is 6.